The Morgan fingerprint density at radius 3 is 1.65 bits per heavy atom. The Balaban J connectivity index is 4.05. The number of hydrogen-bond acceptors (Lipinski definition) is 6. The topological polar surface area (TPSA) is 63.2 Å². The van der Waals surface area contributed by atoms with Gasteiger partial charge >= 0.3 is 41.8 Å². The molecule has 0 N–H and O–H groups in total. The molecule has 21 heteroatoms. The Labute approximate surface area is 377 Å². The molecule has 0 radical (unpaired) electrons. The van der Waals surface area contributed by atoms with Crippen LogP contribution in [0.5, 0.6) is 5.75 Å². The van der Waals surface area contributed by atoms with E-state index in [1.165, 1.54) is 41.9 Å². The van der Waals surface area contributed by atoms with Crippen molar-refractivity contribution in [3.63, 3.8) is 0 Å². The molecule has 0 heterocycles. The molecule has 0 amide bonds. The molecule has 378 valence electrons. The summed E-state index contributed by atoms with van der Waals surface area (Å²) in [6.45, 7) is 17.3. The lowest BCUT2D eigenvalue weighted by atomic mass is 9.90. The molecular formula is C44H67F13O6Si2. The molecule has 1 aromatic rings. The molecule has 1 rings (SSSR count). The normalized spacial score (nSPS) is 16.0. The number of rotatable bonds is 29. The number of carbonyl (C=O) groups excluding carboxylic acids is 1. The van der Waals surface area contributed by atoms with Crippen LogP contribution in [0.4, 0.5) is 57.1 Å². The van der Waals surface area contributed by atoms with E-state index in [-0.39, 0.29) is 19.6 Å². The number of benzene rings is 1. The third-order valence-corrected chi connectivity index (χ3v) is 22.8. The molecule has 0 aliphatic carbocycles. The van der Waals surface area contributed by atoms with E-state index in [2.05, 4.69) is 0 Å². The monoisotopic (exact) mass is 994 g/mol. The first-order chi connectivity index (χ1) is 29.7. The van der Waals surface area contributed by atoms with Gasteiger partial charge in [0.2, 0.25) is 0 Å². The quantitative estimate of drug-likeness (QED) is 0.0199. The average Bonchev–Trinajstić information content (AvgIpc) is 3.23. The lowest BCUT2D eigenvalue weighted by Crippen LogP contribution is -2.70. The van der Waals surface area contributed by atoms with Gasteiger partial charge in [0.05, 0.1) is 39.6 Å². The van der Waals surface area contributed by atoms with Gasteiger partial charge in [0.15, 0.2) is 16.6 Å². The van der Waals surface area contributed by atoms with Crippen LogP contribution in [0.3, 0.4) is 0 Å². The van der Waals surface area contributed by atoms with Crippen LogP contribution < -0.4 is 4.74 Å². The van der Waals surface area contributed by atoms with Gasteiger partial charge in [-0.2, -0.15) is 57.1 Å². The molecule has 0 saturated heterocycles. The smallest absolute Gasteiger partial charge is 0.460 e. The minimum atomic E-state index is -7.99. The molecule has 3 atom stereocenters. The van der Waals surface area contributed by atoms with Gasteiger partial charge in [0.25, 0.3) is 0 Å². The Bertz CT molecular complexity index is 1670. The zero-order chi connectivity index (χ0) is 50.6. The Morgan fingerprint density at radius 2 is 1.22 bits per heavy atom. The Kier molecular flexibility index (Phi) is 22.4. The van der Waals surface area contributed by atoms with E-state index in [4.69, 9.17) is 23.1 Å². The van der Waals surface area contributed by atoms with Crippen LogP contribution in [0.2, 0.25) is 35.3 Å². The van der Waals surface area contributed by atoms with Crippen LogP contribution >= 0.6 is 0 Å². The molecule has 6 nitrogen and oxygen atoms in total. The second-order valence-electron chi connectivity index (χ2n) is 17.1. The minimum Gasteiger partial charge on any atom is -0.497 e. The number of carbonyl (C=O) groups is 1. The SMILES string of the molecule is CCC/C(=C/CC(O[Si](CC)(CC)CC)[C@H](C)[C@H](O[Si](CCC(F)(F)C(F)(F)C(F)(F)C(F)(F)C(F)(F)C(F)(F)F)(C(C)C)C(C)C)/C(C)=C/COCc1ccc(OC)cc1)C(=O)OC. The summed E-state index contributed by atoms with van der Waals surface area (Å²) < 4.78 is 215. The maximum absolute atomic E-state index is 15.6. The van der Waals surface area contributed by atoms with Gasteiger partial charge in [0, 0.05) is 17.9 Å². The lowest BCUT2D eigenvalue weighted by molar-refractivity contribution is -0.440. The van der Waals surface area contributed by atoms with Crippen molar-refractivity contribution in [3.8, 4) is 5.75 Å². The van der Waals surface area contributed by atoms with E-state index in [9.17, 15) is 44.3 Å². The van der Waals surface area contributed by atoms with E-state index in [1.807, 2.05) is 27.7 Å². The van der Waals surface area contributed by atoms with E-state index in [0.717, 1.165) is 5.56 Å². The molecule has 65 heavy (non-hydrogen) atoms. The number of esters is 1. The fourth-order valence-electron chi connectivity index (χ4n) is 7.78. The number of alkyl halides is 13. The van der Waals surface area contributed by atoms with E-state index >= 15 is 17.6 Å². The van der Waals surface area contributed by atoms with Crippen LogP contribution in [-0.4, -0.2) is 91.4 Å². The summed E-state index contributed by atoms with van der Waals surface area (Å²) in [7, 11) is -3.91. The first-order valence-corrected chi connectivity index (χ1v) is 26.5. The fraction of sp³-hybridized carbons (Fsp3) is 0.750. The van der Waals surface area contributed by atoms with Crippen molar-refractivity contribution in [2.24, 2.45) is 5.92 Å². The van der Waals surface area contributed by atoms with Crippen LogP contribution in [0.25, 0.3) is 0 Å². The van der Waals surface area contributed by atoms with Gasteiger partial charge in [-0.3, -0.25) is 0 Å². The number of hydrogen-bond donors (Lipinski definition) is 0. The fourth-order valence-corrected chi connectivity index (χ4v) is 15.5. The Morgan fingerprint density at radius 1 is 0.708 bits per heavy atom. The highest BCUT2D eigenvalue weighted by atomic mass is 28.4. The van der Waals surface area contributed by atoms with Crippen molar-refractivity contribution in [1.82, 2.24) is 0 Å². The number of halogens is 13. The van der Waals surface area contributed by atoms with E-state index < -0.39 is 100 Å². The van der Waals surface area contributed by atoms with Crippen molar-refractivity contribution >= 4 is 22.6 Å². The zero-order valence-corrected chi connectivity index (χ0v) is 41.3. The highest BCUT2D eigenvalue weighted by Crippen LogP contribution is 2.61. The first kappa shape index (κ1) is 60.4. The molecule has 1 aromatic carbocycles. The molecule has 0 aliphatic rings. The Hall–Kier alpha value is -2.63. The first-order valence-electron chi connectivity index (χ1n) is 21.7. The molecule has 1 unspecified atom stereocenters. The molecule has 0 aliphatic heterocycles. The zero-order valence-electron chi connectivity index (χ0n) is 39.3. The summed E-state index contributed by atoms with van der Waals surface area (Å²) >= 11 is 0. The highest BCUT2D eigenvalue weighted by Gasteiger charge is 2.90. The van der Waals surface area contributed by atoms with Gasteiger partial charge in [0.1, 0.15) is 5.75 Å². The van der Waals surface area contributed by atoms with Crippen molar-refractivity contribution in [1.29, 1.82) is 0 Å². The summed E-state index contributed by atoms with van der Waals surface area (Å²) in [5, 5.41) is 0. The molecule has 0 fully saturated rings. The van der Waals surface area contributed by atoms with Gasteiger partial charge < -0.3 is 23.1 Å². The van der Waals surface area contributed by atoms with Gasteiger partial charge in [-0.05, 0) is 78.3 Å². The summed E-state index contributed by atoms with van der Waals surface area (Å²) in [6.07, 6.45) is -7.34. The average molecular weight is 995 g/mol. The van der Waals surface area contributed by atoms with E-state index in [1.54, 1.807) is 50.3 Å². The molecular weight excluding hydrogens is 928 g/mol. The second-order valence-corrected chi connectivity index (χ2v) is 26.8. The van der Waals surface area contributed by atoms with Crippen LogP contribution in [0.1, 0.15) is 100 Å². The highest BCUT2D eigenvalue weighted by molar-refractivity contribution is 6.76. The van der Waals surface area contributed by atoms with Gasteiger partial charge in [-0.15, -0.1) is 0 Å². The molecule has 0 bridgehead atoms. The third-order valence-electron chi connectivity index (χ3n) is 12.5. The predicted molar refractivity (Wildman–Crippen MR) is 228 cm³/mol. The largest absolute Gasteiger partial charge is 0.497 e. The standard InChI is InChI=1S/C44H67F13O6Si2/c1-13-17-34(38(58)60-12)20-23-36(62-64(14-2,15-3)16-4)32(10)37(31(9)24-26-61-28-33-18-21-35(59-11)22-19-33)63-65(29(5)6,30(7)8)27-25-39(45,46)40(47,48)41(49,50)42(51,52)43(53,54)44(55,56)57/h18-22,24,29-30,32,36-37H,13-17,23,25-28H2,1-12H3/b31-24+,34-20-/t32-,36?,37+/m0/s1. The third kappa shape index (κ3) is 13.8. The summed E-state index contributed by atoms with van der Waals surface area (Å²) in [5.41, 5.74) is -0.0271. The van der Waals surface area contributed by atoms with Crippen LogP contribution in [-0.2, 0) is 29.7 Å². The molecule has 0 aromatic heterocycles. The second kappa shape index (κ2) is 24.1. The number of ether oxygens (including phenoxy) is 3. The maximum atomic E-state index is 15.6. The van der Waals surface area contributed by atoms with Crippen molar-refractivity contribution in [2.45, 2.75) is 185 Å². The van der Waals surface area contributed by atoms with E-state index in [0.29, 0.717) is 47.9 Å². The van der Waals surface area contributed by atoms with Crippen molar-refractivity contribution < 1.29 is 84.9 Å². The summed E-state index contributed by atoms with van der Waals surface area (Å²) in [4.78, 5) is 12.8. The van der Waals surface area contributed by atoms with Crippen LogP contribution in [0, 0.1) is 5.92 Å². The lowest BCUT2D eigenvalue weighted by Gasteiger charge is -2.46. The number of methoxy groups -OCH3 is 2. The van der Waals surface area contributed by atoms with Gasteiger partial charge in [-0.1, -0.05) is 93.0 Å². The summed E-state index contributed by atoms with van der Waals surface area (Å²) in [6, 6.07) is 7.86. The molecule has 0 spiro atoms. The van der Waals surface area contributed by atoms with Crippen LogP contribution in [0.15, 0.2) is 47.6 Å². The van der Waals surface area contributed by atoms with Crippen molar-refractivity contribution in [2.75, 3.05) is 20.8 Å². The summed E-state index contributed by atoms with van der Waals surface area (Å²) in [5.74, 6) is -38.1. The minimum absolute atomic E-state index is 0.0372. The molecule has 0 saturated carbocycles. The van der Waals surface area contributed by atoms with Gasteiger partial charge in [-0.25, -0.2) is 4.79 Å². The maximum Gasteiger partial charge on any atom is 0.460 e. The van der Waals surface area contributed by atoms with Crippen molar-refractivity contribution in [3.05, 3.63) is 53.1 Å². The predicted octanol–water partition coefficient (Wildman–Crippen LogP) is 14.8.